The normalized spacial score (nSPS) is 16.5. The molecule has 1 aliphatic rings. The summed E-state index contributed by atoms with van der Waals surface area (Å²) in [4.78, 5) is 12.4. The predicted molar refractivity (Wildman–Crippen MR) is 108 cm³/mol. The lowest BCUT2D eigenvalue weighted by Crippen LogP contribution is -2.24. The standard InChI is InChI=1S/C18H16Cl2N4O.ClH/c19-13-2-1-3-14(20)16(13)10-4-5-15-12(8-10)17(24-23-15)22-18(25)11-6-7-21-9-11;/h1-5,8,11,21H,6-7,9H2,(H2,22,23,24,25);1H/t11-;/m1./s1. The van der Waals surface area contributed by atoms with Gasteiger partial charge in [-0.05, 0) is 42.8 Å². The molecule has 1 amide bonds. The van der Waals surface area contributed by atoms with Crippen LogP contribution in [0.15, 0.2) is 36.4 Å². The van der Waals surface area contributed by atoms with Crippen LogP contribution >= 0.6 is 35.6 Å². The van der Waals surface area contributed by atoms with Crippen LogP contribution in [0, 0.1) is 5.92 Å². The zero-order valence-corrected chi connectivity index (χ0v) is 16.0. The number of H-pyrrole nitrogens is 1. The molecule has 3 aromatic rings. The predicted octanol–water partition coefficient (Wildman–Crippen LogP) is 4.51. The number of amides is 1. The molecule has 0 aliphatic carbocycles. The van der Waals surface area contributed by atoms with Crippen LogP contribution in [0.5, 0.6) is 0 Å². The third-order valence-electron chi connectivity index (χ3n) is 4.49. The molecule has 0 radical (unpaired) electrons. The molecule has 1 aliphatic heterocycles. The third kappa shape index (κ3) is 3.53. The van der Waals surface area contributed by atoms with Crippen LogP contribution in [0.1, 0.15) is 6.42 Å². The lowest BCUT2D eigenvalue weighted by Gasteiger charge is -2.09. The van der Waals surface area contributed by atoms with E-state index in [0.717, 1.165) is 35.0 Å². The molecule has 8 heteroatoms. The second-order valence-corrected chi connectivity index (χ2v) is 6.92. The van der Waals surface area contributed by atoms with E-state index in [0.29, 0.717) is 22.4 Å². The van der Waals surface area contributed by atoms with Crippen molar-refractivity contribution in [3.63, 3.8) is 0 Å². The Bertz CT molecular complexity index is 931. The fourth-order valence-electron chi connectivity index (χ4n) is 3.14. The Morgan fingerprint density at radius 2 is 1.96 bits per heavy atom. The summed E-state index contributed by atoms with van der Waals surface area (Å²) >= 11 is 12.6. The first kappa shape index (κ1) is 19.0. The molecule has 26 heavy (non-hydrogen) atoms. The average molecular weight is 412 g/mol. The maximum atomic E-state index is 12.4. The highest BCUT2D eigenvalue weighted by molar-refractivity contribution is 6.39. The summed E-state index contributed by atoms with van der Waals surface area (Å²) in [7, 11) is 0. The van der Waals surface area contributed by atoms with Crippen molar-refractivity contribution in [1.82, 2.24) is 15.5 Å². The number of anilines is 1. The van der Waals surface area contributed by atoms with Crippen molar-refractivity contribution < 1.29 is 4.79 Å². The topological polar surface area (TPSA) is 69.8 Å². The Morgan fingerprint density at radius 1 is 1.19 bits per heavy atom. The lowest BCUT2D eigenvalue weighted by molar-refractivity contribution is -0.119. The van der Waals surface area contributed by atoms with E-state index < -0.39 is 0 Å². The molecule has 0 spiro atoms. The van der Waals surface area contributed by atoms with Crippen LogP contribution in [0.4, 0.5) is 5.82 Å². The van der Waals surface area contributed by atoms with Crippen LogP contribution in [-0.2, 0) is 4.79 Å². The molecule has 4 rings (SSSR count). The van der Waals surface area contributed by atoms with Crippen molar-refractivity contribution in [2.75, 3.05) is 18.4 Å². The number of hydrogen-bond donors (Lipinski definition) is 3. The number of halogens is 3. The van der Waals surface area contributed by atoms with E-state index in [4.69, 9.17) is 23.2 Å². The highest BCUT2D eigenvalue weighted by Crippen LogP contribution is 2.36. The van der Waals surface area contributed by atoms with E-state index in [9.17, 15) is 4.79 Å². The molecule has 0 bridgehead atoms. The maximum Gasteiger partial charge on any atom is 0.230 e. The van der Waals surface area contributed by atoms with E-state index >= 15 is 0 Å². The quantitative estimate of drug-likeness (QED) is 0.594. The number of rotatable bonds is 3. The number of benzene rings is 2. The summed E-state index contributed by atoms with van der Waals surface area (Å²) < 4.78 is 0. The second kappa shape index (κ2) is 7.84. The minimum atomic E-state index is -0.0204. The van der Waals surface area contributed by atoms with Crippen LogP contribution < -0.4 is 10.6 Å². The second-order valence-electron chi connectivity index (χ2n) is 6.11. The maximum absolute atomic E-state index is 12.4. The first-order valence-electron chi connectivity index (χ1n) is 8.07. The molecular weight excluding hydrogens is 395 g/mol. The number of fused-ring (bicyclic) bond motifs is 1. The molecule has 136 valence electrons. The zero-order valence-electron chi connectivity index (χ0n) is 13.7. The number of nitrogens with one attached hydrogen (secondary N) is 3. The molecule has 0 saturated carbocycles. The van der Waals surface area contributed by atoms with Gasteiger partial charge in [0.1, 0.15) is 0 Å². The van der Waals surface area contributed by atoms with Crippen LogP contribution in [0.2, 0.25) is 10.0 Å². The Balaban J connectivity index is 0.00000196. The van der Waals surface area contributed by atoms with Crippen LogP contribution in [0.25, 0.3) is 22.0 Å². The molecule has 0 unspecified atom stereocenters. The first-order chi connectivity index (χ1) is 12.1. The van der Waals surface area contributed by atoms with Gasteiger partial charge in [-0.2, -0.15) is 5.10 Å². The van der Waals surface area contributed by atoms with Crippen molar-refractivity contribution in [2.45, 2.75) is 6.42 Å². The number of aromatic nitrogens is 2. The van der Waals surface area contributed by atoms with Gasteiger partial charge in [0.15, 0.2) is 5.82 Å². The van der Waals surface area contributed by atoms with Gasteiger partial charge in [0.05, 0.1) is 11.4 Å². The third-order valence-corrected chi connectivity index (χ3v) is 5.12. The monoisotopic (exact) mass is 410 g/mol. The van der Waals surface area contributed by atoms with E-state index in [2.05, 4.69) is 20.8 Å². The summed E-state index contributed by atoms with van der Waals surface area (Å²) in [6, 6.07) is 11.2. The molecule has 1 aromatic heterocycles. The summed E-state index contributed by atoms with van der Waals surface area (Å²) in [5, 5.41) is 15.3. The van der Waals surface area contributed by atoms with Gasteiger partial charge in [0.2, 0.25) is 5.91 Å². The van der Waals surface area contributed by atoms with E-state index in [1.165, 1.54) is 0 Å². The number of carbonyl (C=O) groups excluding carboxylic acids is 1. The number of nitrogens with zero attached hydrogens (tertiary/aromatic N) is 1. The molecule has 2 aromatic carbocycles. The van der Waals surface area contributed by atoms with Crippen molar-refractivity contribution in [1.29, 1.82) is 0 Å². The van der Waals surface area contributed by atoms with E-state index in [-0.39, 0.29) is 24.2 Å². The summed E-state index contributed by atoms with van der Waals surface area (Å²) in [6.45, 7) is 1.57. The van der Waals surface area contributed by atoms with Crippen molar-refractivity contribution in [3.05, 3.63) is 46.4 Å². The molecular formula is C18H17Cl3N4O. The fourth-order valence-corrected chi connectivity index (χ4v) is 3.75. The van der Waals surface area contributed by atoms with Gasteiger partial charge in [0.25, 0.3) is 0 Å². The average Bonchev–Trinajstić information content (AvgIpc) is 3.25. The van der Waals surface area contributed by atoms with Crippen LogP contribution in [0.3, 0.4) is 0 Å². The summed E-state index contributed by atoms with van der Waals surface area (Å²) in [6.07, 6.45) is 0.842. The zero-order chi connectivity index (χ0) is 17.4. The number of hydrogen-bond acceptors (Lipinski definition) is 3. The Morgan fingerprint density at radius 3 is 2.65 bits per heavy atom. The van der Waals surface area contributed by atoms with Gasteiger partial charge < -0.3 is 10.6 Å². The molecule has 1 saturated heterocycles. The van der Waals surface area contributed by atoms with Gasteiger partial charge in [-0.25, -0.2) is 0 Å². The molecule has 5 nitrogen and oxygen atoms in total. The van der Waals surface area contributed by atoms with Crippen LogP contribution in [-0.4, -0.2) is 29.2 Å². The van der Waals surface area contributed by atoms with Gasteiger partial charge in [-0.3, -0.25) is 9.89 Å². The first-order valence-corrected chi connectivity index (χ1v) is 8.83. The van der Waals surface area contributed by atoms with Gasteiger partial charge >= 0.3 is 0 Å². The lowest BCUT2D eigenvalue weighted by atomic mass is 10.0. The fraction of sp³-hybridized carbons (Fsp3) is 0.222. The van der Waals surface area contributed by atoms with Crippen molar-refractivity contribution >= 4 is 58.2 Å². The van der Waals surface area contributed by atoms with E-state index in [1.807, 2.05) is 24.3 Å². The molecule has 3 N–H and O–H groups in total. The summed E-state index contributed by atoms with van der Waals surface area (Å²) in [5.41, 5.74) is 2.49. The Hall–Kier alpha value is -1.79. The van der Waals surface area contributed by atoms with Crippen molar-refractivity contribution in [2.24, 2.45) is 5.92 Å². The van der Waals surface area contributed by atoms with Crippen molar-refractivity contribution in [3.8, 4) is 11.1 Å². The molecule has 2 heterocycles. The number of carbonyl (C=O) groups is 1. The van der Waals surface area contributed by atoms with E-state index in [1.54, 1.807) is 12.1 Å². The van der Waals surface area contributed by atoms with Gasteiger partial charge in [0, 0.05) is 27.5 Å². The number of aromatic amines is 1. The Labute approximate surface area is 166 Å². The smallest absolute Gasteiger partial charge is 0.230 e. The minimum absolute atomic E-state index is 0. The van der Waals surface area contributed by atoms with Gasteiger partial charge in [-0.15, -0.1) is 12.4 Å². The highest BCUT2D eigenvalue weighted by Gasteiger charge is 2.23. The largest absolute Gasteiger partial charge is 0.316 e. The molecule has 1 fully saturated rings. The Kier molecular flexibility index (Phi) is 5.73. The minimum Gasteiger partial charge on any atom is -0.316 e. The van der Waals surface area contributed by atoms with Gasteiger partial charge in [-0.1, -0.05) is 35.3 Å². The summed E-state index contributed by atoms with van der Waals surface area (Å²) in [5.74, 6) is 0.490. The highest BCUT2D eigenvalue weighted by atomic mass is 35.5. The molecule has 1 atom stereocenters. The SMILES string of the molecule is Cl.O=C(Nc1n[nH]c2ccc(-c3c(Cl)cccc3Cl)cc12)[C@@H]1CCNC1.